The third-order valence-corrected chi connectivity index (χ3v) is 2.85. The van der Waals surface area contributed by atoms with Crippen molar-refractivity contribution in [2.75, 3.05) is 0 Å². The molecule has 2 nitrogen and oxygen atoms in total. The lowest BCUT2D eigenvalue weighted by atomic mass is 10.0. The molecule has 0 aliphatic rings. The van der Waals surface area contributed by atoms with Gasteiger partial charge in [-0.2, -0.15) is 5.26 Å². The first kappa shape index (κ1) is 12.6. The molecule has 0 saturated heterocycles. The summed E-state index contributed by atoms with van der Waals surface area (Å²) < 4.78 is 0. The predicted octanol–water partition coefficient (Wildman–Crippen LogP) is 3.64. The summed E-state index contributed by atoms with van der Waals surface area (Å²) in [6, 6.07) is 7.71. The molecule has 16 heavy (non-hydrogen) atoms. The number of nitrogens with zero attached hydrogens (tertiary/aromatic N) is 1. The number of nitriles is 1. The van der Waals surface area contributed by atoms with Gasteiger partial charge in [-0.15, -0.1) is 0 Å². The first-order valence-electron chi connectivity index (χ1n) is 5.25. The molecule has 0 aliphatic heterocycles. The maximum atomic E-state index is 9.00. The molecular weight excluding hydrogens is 220 g/mol. The second-order valence-electron chi connectivity index (χ2n) is 3.72. The Morgan fingerprint density at radius 2 is 2.19 bits per heavy atom. The number of nitrogens with two attached hydrogens (primary N) is 1. The number of hydrogen-bond acceptors (Lipinski definition) is 2. The third kappa shape index (κ3) is 2.77. The third-order valence-electron chi connectivity index (χ3n) is 2.43. The average molecular weight is 235 g/mol. The van der Waals surface area contributed by atoms with Crippen LogP contribution in [0.15, 0.2) is 23.8 Å². The predicted molar refractivity (Wildman–Crippen MR) is 67.8 cm³/mol. The van der Waals surface area contributed by atoms with Crippen LogP contribution in [0.3, 0.4) is 0 Å². The van der Waals surface area contributed by atoms with Crippen molar-refractivity contribution in [3.05, 3.63) is 39.9 Å². The van der Waals surface area contributed by atoms with Gasteiger partial charge >= 0.3 is 0 Å². The number of aryl methyl sites for hydroxylation is 1. The first-order valence-corrected chi connectivity index (χ1v) is 5.63. The Morgan fingerprint density at radius 1 is 1.50 bits per heavy atom. The average Bonchev–Trinajstić information content (AvgIpc) is 2.28. The van der Waals surface area contributed by atoms with Gasteiger partial charge in [-0.05, 0) is 36.6 Å². The van der Waals surface area contributed by atoms with E-state index in [4.69, 9.17) is 22.6 Å². The zero-order valence-corrected chi connectivity index (χ0v) is 10.3. The van der Waals surface area contributed by atoms with Gasteiger partial charge in [-0.25, -0.2) is 0 Å². The lowest BCUT2D eigenvalue weighted by Crippen LogP contribution is -2.01. The molecule has 0 fully saturated rings. The zero-order chi connectivity index (χ0) is 12.1. The summed E-state index contributed by atoms with van der Waals surface area (Å²) in [7, 11) is 0. The molecule has 0 amide bonds. The lowest BCUT2D eigenvalue weighted by molar-refractivity contribution is 0.929. The number of halogens is 1. The van der Waals surface area contributed by atoms with E-state index >= 15 is 0 Å². The number of rotatable bonds is 3. The smallest absolute Gasteiger partial charge is 0.0968 e. The fourth-order valence-electron chi connectivity index (χ4n) is 1.49. The summed E-state index contributed by atoms with van der Waals surface area (Å²) in [5.41, 5.74) is 9.01. The van der Waals surface area contributed by atoms with Gasteiger partial charge < -0.3 is 5.73 Å². The molecule has 1 aromatic rings. The number of benzene rings is 1. The van der Waals surface area contributed by atoms with Crippen molar-refractivity contribution in [2.24, 2.45) is 5.73 Å². The number of hydrogen-bond donors (Lipinski definition) is 1. The summed E-state index contributed by atoms with van der Waals surface area (Å²) in [5, 5.41) is 9.71. The van der Waals surface area contributed by atoms with Crippen LogP contribution in [0.4, 0.5) is 0 Å². The Morgan fingerprint density at radius 3 is 2.69 bits per heavy atom. The molecule has 0 bridgehead atoms. The minimum absolute atomic E-state index is 0.559. The highest BCUT2D eigenvalue weighted by Gasteiger charge is 2.06. The molecule has 1 rings (SSSR count). The van der Waals surface area contributed by atoms with Gasteiger partial charge in [-0.1, -0.05) is 31.0 Å². The summed E-state index contributed by atoms with van der Waals surface area (Å²) in [5.74, 6) is 0. The molecule has 0 aliphatic carbocycles. The highest BCUT2D eigenvalue weighted by molar-refractivity contribution is 6.31. The molecule has 0 radical (unpaired) electrons. The van der Waals surface area contributed by atoms with Gasteiger partial charge in [0.15, 0.2) is 0 Å². The van der Waals surface area contributed by atoms with Crippen molar-refractivity contribution < 1.29 is 0 Å². The summed E-state index contributed by atoms with van der Waals surface area (Å²) >= 11 is 5.94. The molecule has 0 unspecified atom stereocenters. The zero-order valence-electron chi connectivity index (χ0n) is 9.55. The van der Waals surface area contributed by atoms with Crippen LogP contribution in [0.5, 0.6) is 0 Å². The van der Waals surface area contributed by atoms with E-state index in [9.17, 15) is 0 Å². The quantitative estimate of drug-likeness (QED) is 0.812. The molecule has 1 aromatic carbocycles. The second kappa shape index (κ2) is 5.58. The maximum absolute atomic E-state index is 9.00. The lowest BCUT2D eigenvalue weighted by Gasteiger charge is -2.07. The standard InChI is InChI=1S/C13H15ClN2/c1-3-4-11(8-15)13(16)10-5-6-12(14)9(2)7-10/h5-7H,3-4,16H2,1-2H3/b13-11-. The summed E-state index contributed by atoms with van der Waals surface area (Å²) in [4.78, 5) is 0. The highest BCUT2D eigenvalue weighted by Crippen LogP contribution is 2.22. The Kier molecular flexibility index (Phi) is 4.39. The van der Waals surface area contributed by atoms with Gasteiger partial charge in [-0.3, -0.25) is 0 Å². The Bertz CT molecular complexity index is 455. The van der Waals surface area contributed by atoms with E-state index in [1.54, 1.807) is 6.07 Å². The van der Waals surface area contributed by atoms with Crippen LogP contribution in [0.2, 0.25) is 5.02 Å². The van der Waals surface area contributed by atoms with Crippen molar-refractivity contribution in [1.29, 1.82) is 5.26 Å². The molecular formula is C13H15ClN2. The van der Waals surface area contributed by atoms with E-state index < -0.39 is 0 Å². The summed E-state index contributed by atoms with van der Waals surface area (Å²) in [6.07, 6.45) is 1.63. The van der Waals surface area contributed by atoms with E-state index in [-0.39, 0.29) is 0 Å². The van der Waals surface area contributed by atoms with E-state index in [1.165, 1.54) is 0 Å². The van der Waals surface area contributed by atoms with Gasteiger partial charge in [0.2, 0.25) is 0 Å². The number of allylic oxidation sites excluding steroid dienone is 1. The van der Waals surface area contributed by atoms with Crippen molar-refractivity contribution in [3.63, 3.8) is 0 Å². The van der Waals surface area contributed by atoms with Crippen LogP contribution in [-0.4, -0.2) is 0 Å². The Balaban J connectivity index is 3.17. The molecule has 0 saturated carbocycles. The molecule has 2 N–H and O–H groups in total. The monoisotopic (exact) mass is 234 g/mol. The molecule has 3 heteroatoms. The molecule has 0 heterocycles. The van der Waals surface area contributed by atoms with E-state index in [0.717, 1.165) is 17.5 Å². The van der Waals surface area contributed by atoms with Crippen molar-refractivity contribution >= 4 is 17.3 Å². The van der Waals surface area contributed by atoms with Crippen LogP contribution in [0.1, 0.15) is 30.9 Å². The van der Waals surface area contributed by atoms with E-state index in [1.807, 2.05) is 26.0 Å². The fraction of sp³-hybridized carbons (Fsp3) is 0.308. The van der Waals surface area contributed by atoms with Crippen LogP contribution in [0, 0.1) is 18.3 Å². The van der Waals surface area contributed by atoms with Gasteiger partial charge in [0, 0.05) is 5.02 Å². The van der Waals surface area contributed by atoms with Gasteiger partial charge in [0.05, 0.1) is 17.3 Å². The molecule has 0 aromatic heterocycles. The molecule has 0 spiro atoms. The largest absolute Gasteiger partial charge is 0.397 e. The second-order valence-corrected chi connectivity index (χ2v) is 4.13. The minimum atomic E-state index is 0.559. The van der Waals surface area contributed by atoms with E-state index in [2.05, 4.69) is 6.07 Å². The normalized spacial score (nSPS) is 11.9. The van der Waals surface area contributed by atoms with Crippen LogP contribution >= 0.6 is 11.6 Å². The van der Waals surface area contributed by atoms with Crippen LogP contribution in [-0.2, 0) is 0 Å². The Labute approximate surface area is 101 Å². The van der Waals surface area contributed by atoms with Crippen LogP contribution in [0.25, 0.3) is 5.70 Å². The topological polar surface area (TPSA) is 49.8 Å². The van der Waals surface area contributed by atoms with E-state index in [0.29, 0.717) is 22.7 Å². The minimum Gasteiger partial charge on any atom is -0.397 e. The van der Waals surface area contributed by atoms with Gasteiger partial charge in [0.25, 0.3) is 0 Å². The summed E-state index contributed by atoms with van der Waals surface area (Å²) in [6.45, 7) is 3.95. The van der Waals surface area contributed by atoms with Crippen LogP contribution < -0.4 is 5.73 Å². The van der Waals surface area contributed by atoms with Crippen molar-refractivity contribution in [3.8, 4) is 6.07 Å². The maximum Gasteiger partial charge on any atom is 0.0968 e. The van der Waals surface area contributed by atoms with Gasteiger partial charge in [0.1, 0.15) is 0 Å². The molecule has 84 valence electrons. The Hall–Kier alpha value is -1.46. The SMILES string of the molecule is CCC/C(C#N)=C(/N)c1ccc(Cl)c(C)c1. The van der Waals surface area contributed by atoms with Crippen molar-refractivity contribution in [2.45, 2.75) is 26.7 Å². The first-order chi connectivity index (χ1) is 7.60. The fourth-order valence-corrected chi connectivity index (χ4v) is 1.60. The van der Waals surface area contributed by atoms with Crippen molar-refractivity contribution in [1.82, 2.24) is 0 Å². The molecule has 0 atom stereocenters. The highest BCUT2D eigenvalue weighted by atomic mass is 35.5.